The maximum absolute atomic E-state index is 12.7. The summed E-state index contributed by atoms with van der Waals surface area (Å²) in [5.41, 5.74) is 1.79. The van der Waals surface area contributed by atoms with E-state index in [-0.39, 0.29) is 22.3 Å². The SMILES string of the molecule is O=C(Cc1nnc(S(=O)(=O)Cc2ccccc2)s1)c1cccc2cccnc12. The molecule has 0 saturated carbocycles. The Labute approximate surface area is 165 Å². The lowest BCUT2D eigenvalue weighted by Gasteiger charge is -2.03. The third kappa shape index (κ3) is 3.83. The summed E-state index contributed by atoms with van der Waals surface area (Å²) in [4.78, 5) is 17.0. The van der Waals surface area contributed by atoms with Crippen molar-refractivity contribution >= 4 is 37.9 Å². The van der Waals surface area contributed by atoms with Gasteiger partial charge in [-0.05, 0) is 17.7 Å². The highest BCUT2D eigenvalue weighted by Crippen LogP contribution is 2.23. The van der Waals surface area contributed by atoms with Gasteiger partial charge in [0.1, 0.15) is 5.01 Å². The van der Waals surface area contributed by atoms with Gasteiger partial charge in [0.15, 0.2) is 5.78 Å². The summed E-state index contributed by atoms with van der Waals surface area (Å²) < 4.78 is 25.0. The standard InChI is InChI=1S/C20H15N3O3S2/c24-17(16-10-4-8-15-9-5-11-21-19(15)16)12-18-22-23-20(27-18)28(25,26)13-14-6-2-1-3-7-14/h1-11H,12-13H2. The highest BCUT2D eigenvalue weighted by atomic mass is 32.2. The summed E-state index contributed by atoms with van der Waals surface area (Å²) >= 11 is 0.936. The van der Waals surface area contributed by atoms with E-state index >= 15 is 0 Å². The van der Waals surface area contributed by atoms with Crippen LogP contribution in [0.15, 0.2) is 71.2 Å². The van der Waals surface area contributed by atoms with Gasteiger partial charge in [-0.3, -0.25) is 9.78 Å². The zero-order valence-corrected chi connectivity index (χ0v) is 16.3. The second kappa shape index (κ2) is 7.57. The van der Waals surface area contributed by atoms with Crippen LogP contribution in [0.25, 0.3) is 10.9 Å². The van der Waals surface area contributed by atoms with Crippen molar-refractivity contribution in [3.05, 3.63) is 83.0 Å². The molecule has 2 heterocycles. The van der Waals surface area contributed by atoms with Crippen molar-refractivity contribution in [1.82, 2.24) is 15.2 Å². The summed E-state index contributed by atoms with van der Waals surface area (Å²) in [6.07, 6.45) is 1.62. The Morgan fingerprint density at radius 1 is 0.929 bits per heavy atom. The van der Waals surface area contributed by atoms with Crippen LogP contribution in [0.5, 0.6) is 0 Å². The number of para-hydroxylation sites is 1. The molecule has 0 amide bonds. The number of pyridine rings is 1. The summed E-state index contributed by atoms with van der Waals surface area (Å²) in [5.74, 6) is -0.323. The average Bonchev–Trinajstić information content (AvgIpc) is 3.17. The van der Waals surface area contributed by atoms with Crippen LogP contribution in [0, 0.1) is 0 Å². The van der Waals surface area contributed by atoms with E-state index in [1.807, 2.05) is 24.3 Å². The molecule has 0 fully saturated rings. The Morgan fingerprint density at radius 2 is 1.71 bits per heavy atom. The Kier molecular flexibility index (Phi) is 4.97. The van der Waals surface area contributed by atoms with E-state index in [2.05, 4.69) is 15.2 Å². The minimum absolute atomic E-state index is 0.0196. The Hall–Kier alpha value is -2.97. The van der Waals surface area contributed by atoms with Crippen molar-refractivity contribution in [2.75, 3.05) is 0 Å². The predicted octanol–water partition coefficient (Wildman–Crippen LogP) is 3.49. The van der Waals surface area contributed by atoms with Gasteiger partial charge in [0.2, 0.25) is 14.2 Å². The predicted molar refractivity (Wildman–Crippen MR) is 107 cm³/mol. The molecule has 6 nitrogen and oxygen atoms in total. The van der Waals surface area contributed by atoms with Crippen molar-refractivity contribution in [3.63, 3.8) is 0 Å². The zero-order valence-electron chi connectivity index (χ0n) is 14.6. The molecule has 8 heteroatoms. The van der Waals surface area contributed by atoms with Crippen LogP contribution in [-0.2, 0) is 22.0 Å². The van der Waals surface area contributed by atoms with Gasteiger partial charge in [-0.15, -0.1) is 10.2 Å². The third-order valence-electron chi connectivity index (χ3n) is 4.16. The summed E-state index contributed by atoms with van der Waals surface area (Å²) in [6, 6.07) is 18.0. The molecule has 0 atom stereocenters. The van der Waals surface area contributed by atoms with Crippen molar-refractivity contribution in [3.8, 4) is 0 Å². The lowest BCUT2D eigenvalue weighted by atomic mass is 10.0. The van der Waals surface area contributed by atoms with Gasteiger partial charge in [0, 0.05) is 17.1 Å². The molecule has 0 radical (unpaired) electrons. The second-order valence-corrected chi connectivity index (χ2v) is 9.41. The molecule has 2 aromatic carbocycles. The van der Waals surface area contributed by atoms with Crippen LogP contribution in [0.1, 0.15) is 20.9 Å². The lowest BCUT2D eigenvalue weighted by molar-refractivity contribution is 0.0994. The molecule has 2 aromatic heterocycles. The Morgan fingerprint density at radius 3 is 2.54 bits per heavy atom. The van der Waals surface area contributed by atoms with Crippen molar-refractivity contribution in [2.24, 2.45) is 0 Å². The van der Waals surface area contributed by atoms with Crippen LogP contribution < -0.4 is 0 Å². The monoisotopic (exact) mass is 409 g/mol. The molecule has 28 heavy (non-hydrogen) atoms. The minimum atomic E-state index is -3.61. The normalized spacial score (nSPS) is 11.6. The molecule has 0 unspecified atom stereocenters. The number of aromatic nitrogens is 3. The number of carbonyl (C=O) groups is 1. The molecule has 0 bridgehead atoms. The number of hydrogen-bond donors (Lipinski definition) is 0. The number of sulfone groups is 1. The number of Topliss-reactive ketones (excluding diaryl/α,β-unsaturated/α-hetero) is 1. The van der Waals surface area contributed by atoms with Crippen LogP contribution in [0.3, 0.4) is 0 Å². The number of rotatable bonds is 6. The lowest BCUT2D eigenvalue weighted by Crippen LogP contribution is -2.04. The average molecular weight is 409 g/mol. The van der Waals surface area contributed by atoms with E-state index < -0.39 is 9.84 Å². The van der Waals surface area contributed by atoms with E-state index in [9.17, 15) is 13.2 Å². The number of ketones is 1. The molecule has 140 valence electrons. The summed E-state index contributed by atoms with van der Waals surface area (Å²) in [7, 11) is -3.61. The van der Waals surface area contributed by atoms with Gasteiger partial charge in [-0.25, -0.2) is 8.42 Å². The third-order valence-corrected chi connectivity index (χ3v) is 7.22. The first-order valence-corrected chi connectivity index (χ1v) is 11.0. The molecule has 4 rings (SSSR count). The largest absolute Gasteiger partial charge is 0.294 e. The van der Waals surface area contributed by atoms with E-state index in [0.717, 1.165) is 16.7 Å². The first kappa shape index (κ1) is 18.4. The topological polar surface area (TPSA) is 89.9 Å². The summed E-state index contributed by atoms with van der Waals surface area (Å²) in [5, 5.41) is 8.96. The smallest absolute Gasteiger partial charge is 0.232 e. The maximum atomic E-state index is 12.7. The number of benzene rings is 2. The van der Waals surface area contributed by atoms with Crippen LogP contribution in [0.2, 0.25) is 0 Å². The van der Waals surface area contributed by atoms with Gasteiger partial charge < -0.3 is 0 Å². The van der Waals surface area contributed by atoms with Gasteiger partial charge in [-0.2, -0.15) is 0 Å². The highest BCUT2D eigenvalue weighted by molar-refractivity contribution is 7.92. The first-order chi connectivity index (χ1) is 13.5. The first-order valence-electron chi connectivity index (χ1n) is 8.49. The quantitative estimate of drug-likeness (QED) is 0.453. The molecule has 0 aliphatic carbocycles. The van der Waals surface area contributed by atoms with Gasteiger partial charge in [-0.1, -0.05) is 59.9 Å². The van der Waals surface area contributed by atoms with E-state index in [4.69, 9.17) is 0 Å². The summed E-state index contributed by atoms with van der Waals surface area (Å²) in [6.45, 7) is 0. The van der Waals surface area contributed by atoms with Crippen LogP contribution >= 0.6 is 11.3 Å². The highest BCUT2D eigenvalue weighted by Gasteiger charge is 2.22. The number of fused-ring (bicyclic) bond motifs is 1. The fourth-order valence-corrected chi connectivity index (χ4v) is 5.31. The van der Waals surface area contributed by atoms with Gasteiger partial charge >= 0.3 is 0 Å². The number of nitrogens with zero attached hydrogens (tertiary/aromatic N) is 3. The molecule has 4 aromatic rings. The maximum Gasteiger partial charge on any atom is 0.232 e. The molecule has 0 aliphatic heterocycles. The van der Waals surface area contributed by atoms with Crippen molar-refractivity contribution < 1.29 is 13.2 Å². The van der Waals surface area contributed by atoms with Crippen LogP contribution in [-0.4, -0.2) is 29.4 Å². The molecular formula is C20H15N3O3S2. The molecule has 0 aliphatic rings. The molecule has 0 saturated heterocycles. The fraction of sp³-hybridized carbons (Fsp3) is 0.100. The molecular weight excluding hydrogens is 394 g/mol. The van der Waals surface area contributed by atoms with E-state index in [1.54, 1.807) is 42.6 Å². The van der Waals surface area contributed by atoms with Gasteiger partial charge in [0.25, 0.3) is 0 Å². The minimum Gasteiger partial charge on any atom is -0.294 e. The van der Waals surface area contributed by atoms with Gasteiger partial charge in [0.05, 0.1) is 17.7 Å². The molecule has 0 N–H and O–H groups in total. The van der Waals surface area contributed by atoms with E-state index in [0.29, 0.717) is 21.7 Å². The Balaban J connectivity index is 1.55. The van der Waals surface area contributed by atoms with E-state index in [1.165, 1.54) is 0 Å². The Bertz CT molecular complexity index is 1250. The number of carbonyl (C=O) groups excluding carboxylic acids is 1. The van der Waals surface area contributed by atoms with Crippen molar-refractivity contribution in [1.29, 1.82) is 0 Å². The van der Waals surface area contributed by atoms with Crippen LogP contribution in [0.4, 0.5) is 0 Å². The fourth-order valence-electron chi connectivity index (χ4n) is 2.85. The molecule has 0 spiro atoms. The number of hydrogen-bond acceptors (Lipinski definition) is 7. The second-order valence-electron chi connectivity index (χ2n) is 6.19. The zero-order chi connectivity index (χ0) is 19.6. The van der Waals surface area contributed by atoms with Crippen molar-refractivity contribution in [2.45, 2.75) is 16.5 Å².